The van der Waals surface area contributed by atoms with Crippen molar-refractivity contribution in [2.24, 2.45) is 0 Å². The van der Waals surface area contributed by atoms with Gasteiger partial charge in [-0.3, -0.25) is 9.89 Å². The normalized spacial score (nSPS) is 14.0. The average Bonchev–Trinajstić information content (AvgIpc) is 3.11. The lowest BCUT2D eigenvalue weighted by Gasteiger charge is -2.08. The molecule has 3 aromatic heterocycles. The second-order valence-corrected chi connectivity index (χ2v) is 6.80. The highest BCUT2D eigenvalue weighted by molar-refractivity contribution is 7.14. The van der Waals surface area contributed by atoms with Crippen molar-refractivity contribution in [1.29, 1.82) is 0 Å². The Kier molecular flexibility index (Phi) is 3.18. The highest BCUT2D eigenvalue weighted by atomic mass is 32.1. The fraction of sp³-hybridized carbons (Fsp3) is 0.312. The highest BCUT2D eigenvalue weighted by Crippen LogP contribution is 2.30. The lowest BCUT2D eigenvalue weighted by atomic mass is 9.99. The number of aryl methyl sites for hydroxylation is 3. The Morgan fingerprint density at radius 2 is 2.18 bits per heavy atom. The number of anilines is 1. The standard InChI is InChI=1S/C16H16N4OS/c1-9-12-7-11(8-17-15(12)20-19-9)18-16(21)14-6-10-4-2-3-5-13(10)22-14/h6-8H,2-5H2,1H3,(H,18,21)(H,17,19,20). The fourth-order valence-electron chi connectivity index (χ4n) is 2.88. The molecule has 0 saturated heterocycles. The minimum Gasteiger partial charge on any atom is -0.320 e. The Bertz CT molecular complexity index is 841. The molecule has 6 heteroatoms. The van der Waals surface area contributed by atoms with Crippen molar-refractivity contribution in [3.8, 4) is 0 Å². The number of aromatic nitrogens is 3. The van der Waals surface area contributed by atoms with Crippen LogP contribution in [0.1, 0.15) is 38.6 Å². The third-order valence-corrected chi connectivity index (χ3v) is 5.31. The van der Waals surface area contributed by atoms with Gasteiger partial charge in [-0.1, -0.05) is 0 Å². The van der Waals surface area contributed by atoms with E-state index in [1.807, 2.05) is 19.1 Å². The third-order valence-electron chi connectivity index (χ3n) is 4.08. The van der Waals surface area contributed by atoms with Crippen LogP contribution in [0.3, 0.4) is 0 Å². The van der Waals surface area contributed by atoms with Gasteiger partial charge in [-0.25, -0.2) is 4.98 Å². The first-order valence-electron chi connectivity index (χ1n) is 7.44. The van der Waals surface area contributed by atoms with E-state index in [4.69, 9.17) is 0 Å². The second-order valence-electron chi connectivity index (χ2n) is 5.66. The number of fused-ring (bicyclic) bond motifs is 2. The summed E-state index contributed by atoms with van der Waals surface area (Å²) in [4.78, 5) is 18.9. The van der Waals surface area contributed by atoms with Crippen LogP contribution in [0.4, 0.5) is 5.69 Å². The van der Waals surface area contributed by atoms with E-state index in [-0.39, 0.29) is 5.91 Å². The molecule has 4 rings (SSSR count). The number of carbonyl (C=O) groups is 1. The second kappa shape index (κ2) is 5.21. The molecule has 0 aliphatic heterocycles. The Morgan fingerprint density at radius 3 is 3.05 bits per heavy atom. The zero-order valence-electron chi connectivity index (χ0n) is 12.3. The summed E-state index contributed by atoms with van der Waals surface area (Å²) < 4.78 is 0. The van der Waals surface area contributed by atoms with Crippen molar-refractivity contribution in [2.75, 3.05) is 5.32 Å². The monoisotopic (exact) mass is 312 g/mol. The molecule has 1 aliphatic rings. The van der Waals surface area contributed by atoms with Crippen LogP contribution in [0.15, 0.2) is 18.3 Å². The Hall–Kier alpha value is -2.21. The lowest BCUT2D eigenvalue weighted by molar-refractivity contribution is 0.103. The van der Waals surface area contributed by atoms with Crippen LogP contribution < -0.4 is 5.32 Å². The van der Waals surface area contributed by atoms with E-state index in [0.717, 1.165) is 28.8 Å². The zero-order chi connectivity index (χ0) is 15.1. The smallest absolute Gasteiger partial charge is 0.265 e. The van der Waals surface area contributed by atoms with Crippen LogP contribution in [-0.2, 0) is 12.8 Å². The topological polar surface area (TPSA) is 70.7 Å². The van der Waals surface area contributed by atoms with Crippen LogP contribution in [0.25, 0.3) is 11.0 Å². The molecule has 0 bridgehead atoms. The average molecular weight is 312 g/mol. The number of pyridine rings is 1. The molecule has 0 radical (unpaired) electrons. The number of nitrogens with zero attached hydrogens (tertiary/aromatic N) is 2. The van der Waals surface area contributed by atoms with Gasteiger partial charge in [-0.2, -0.15) is 5.10 Å². The number of H-pyrrole nitrogens is 1. The summed E-state index contributed by atoms with van der Waals surface area (Å²) in [5.41, 5.74) is 3.67. The maximum atomic E-state index is 12.4. The largest absolute Gasteiger partial charge is 0.320 e. The first-order chi connectivity index (χ1) is 10.7. The van der Waals surface area contributed by atoms with Gasteiger partial charge in [0.2, 0.25) is 0 Å². The minimum atomic E-state index is -0.0540. The van der Waals surface area contributed by atoms with E-state index in [1.165, 1.54) is 23.3 Å². The predicted octanol–water partition coefficient (Wildman–Crippen LogP) is 3.46. The van der Waals surface area contributed by atoms with Gasteiger partial charge in [-0.15, -0.1) is 11.3 Å². The first-order valence-corrected chi connectivity index (χ1v) is 8.26. The third kappa shape index (κ3) is 2.29. The maximum Gasteiger partial charge on any atom is 0.265 e. The summed E-state index contributed by atoms with van der Waals surface area (Å²) in [6.45, 7) is 1.94. The molecule has 3 aromatic rings. The van der Waals surface area contributed by atoms with Gasteiger partial charge in [-0.05, 0) is 50.3 Å². The molecule has 1 amide bonds. The number of hydrogen-bond acceptors (Lipinski definition) is 4. The summed E-state index contributed by atoms with van der Waals surface area (Å²) in [5.74, 6) is -0.0540. The van der Waals surface area contributed by atoms with Gasteiger partial charge in [0.25, 0.3) is 5.91 Å². The molecule has 0 unspecified atom stereocenters. The molecule has 0 fully saturated rings. The van der Waals surface area contributed by atoms with Crippen LogP contribution in [0, 0.1) is 6.92 Å². The number of hydrogen-bond donors (Lipinski definition) is 2. The van der Waals surface area contributed by atoms with Crippen molar-refractivity contribution in [3.05, 3.63) is 39.3 Å². The number of aromatic amines is 1. The van der Waals surface area contributed by atoms with Crippen LogP contribution in [0.5, 0.6) is 0 Å². The van der Waals surface area contributed by atoms with Gasteiger partial charge < -0.3 is 5.32 Å². The summed E-state index contributed by atoms with van der Waals surface area (Å²) in [6, 6.07) is 3.95. The molecule has 22 heavy (non-hydrogen) atoms. The number of rotatable bonds is 2. The molecule has 5 nitrogen and oxygen atoms in total. The number of nitrogens with one attached hydrogen (secondary N) is 2. The summed E-state index contributed by atoms with van der Waals surface area (Å²) in [7, 11) is 0. The molecule has 0 saturated carbocycles. The maximum absolute atomic E-state index is 12.4. The fourth-order valence-corrected chi connectivity index (χ4v) is 4.03. The molecule has 112 valence electrons. The van der Waals surface area contributed by atoms with Crippen LogP contribution >= 0.6 is 11.3 Å². The van der Waals surface area contributed by atoms with Gasteiger partial charge in [0, 0.05) is 16.0 Å². The van der Waals surface area contributed by atoms with Crippen molar-refractivity contribution in [1.82, 2.24) is 15.2 Å². The Morgan fingerprint density at radius 1 is 1.32 bits per heavy atom. The van der Waals surface area contributed by atoms with E-state index in [9.17, 15) is 4.79 Å². The van der Waals surface area contributed by atoms with E-state index < -0.39 is 0 Å². The quantitative estimate of drug-likeness (QED) is 0.761. The molecule has 0 aromatic carbocycles. The van der Waals surface area contributed by atoms with Crippen LogP contribution in [-0.4, -0.2) is 21.1 Å². The lowest BCUT2D eigenvalue weighted by Crippen LogP contribution is -2.10. The molecule has 3 heterocycles. The number of carbonyl (C=O) groups excluding carboxylic acids is 1. The van der Waals surface area contributed by atoms with Gasteiger partial charge in [0.15, 0.2) is 5.65 Å². The summed E-state index contributed by atoms with van der Waals surface area (Å²) in [6.07, 6.45) is 6.31. The van der Waals surface area contributed by atoms with Gasteiger partial charge in [0.05, 0.1) is 16.8 Å². The van der Waals surface area contributed by atoms with Crippen molar-refractivity contribution >= 4 is 34.0 Å². The highest BCUT2D eigenvalue weighted by Gasteiger charge is 2.17. The molecule has 2 N–H and O–H groups in total. The summed E-state index contributed by atoms with van der Waals surface area (Å²) in [5, 5.41) is 10.9. The van der Waals surface area contributed by atoms with Crippen molar-refractivity contribution in [3.63, 3.8) is 0 Å². The number of amides is 1. The number of thiophene rings is 1. The van der Waals surface area contributed by atoms with Crippen molar-refractivity contribution in [2.45, 2.75) is 32.6 Å². The Balaban J connectivity index is 1.59. The first kappa shape index (κ1) is 13.5. The molecule has 0 spiro atoms. The zero-order valence-corrected chi connectivity index (χ0v) is 13.1. The van der Waals surface area contributed by atoms with Gasteiger partial charge in [0.1, 0.15) is 0 Å². The Labute approximate surface area is 131 Å². The molecular formula is C16H16N4OS. The van der Waals surface area contributed by atoms with Crippen LogP contribution in [0.2, 0.25) is 0 Å². The van der Waals surface area contributed by atoms with Gasteiger partial charge >= 0.3 is 0 Å². The van der Waals surface area contributed by atoms with Crippen molar-refractivity contribution < 1.29 is 4.79 Å². The molecule has 1 aliphatic carbocycles. The molecule has 0 atom stereocenters. The van der Waals surface area contributed by atoms with E-state index in [0.29, 0.717) is 11.3 Å². The minimum absolute atomic E-state index is 0.0540. The van der Waals surface area contributed by atoms with E-state index in [1.54, 1.807) is 17.5 Å². The SMILES string of the molecule is Cc1[nH]nc2ncc(NC(=O)c3cc4c(s3)CCCC4)cc12. The van der Waals surface area contributed by atoms with E-state index in [2.05, 4.69) is 20.5 Å². The van der Waals surface area contributed by atoms with E-state index >= 15 is 0 Å². The predicted molar refractivity (Wildman–Crippen MR) is 87.5 cm³/mol. The molecular weight excluding hydrogens is 296 g/mol. The summed E-state index contributed by atoms with van der Waals surface area (Å²) >= 11 is 1.62.